The van der Waals surface area contributed by atoms with Gasteiger partial charge >= 0.3 is 0 Å². The molecule has 0 aromatic heterocycles. The Morgan fingerprint density at radius 2 is 2.00 bits per heavy atom. The molecular weight excluding hydrogens is 219 g/mol. The normalized spacial score (nSPS) is 10.9. The van der Waals surface area contributed by atoms with Crippen LogP contribution in [0.25, 0.3) is 0 Å². The first-order valence-electron chi connectivity index (χ1n) is 6.06. The lowest BCUT2D eigenvalue weighted by molar-refractivity contribution is 0.295. The Labute approximate surface area is 102 Å². The van der Waals surface area contributed by atoms with E-state index in [-0.39, 0.29) is 18.5 Å². The Bertz CT molecular complexity index is 353. The number of aliphatic hydroxyl groups is 1. The van der Waals surface area contributed by atoms with Gasteiger partial charge in [0.15, 0.2) is 0 Å². The van der Waals surface area contributed by atoms with E-state index in [0.717, 1.165) is 12.8 Å². The molecule has 4 heteroatoms. The summed E-state index contributed by atoms with van der Waals surface area (Å²) in [6, 6.07) is 4.92. The van der Waals surface area contributed by atoms with Crippen molar-refractivity contribution >= 4 is 11.4 Å². The van der Waals surface area contributed by atoms with E-state index >= 15 is 0 Å². The van der Waals surface area contributed by atoms with Crippen molar-refractivity contribution in [2.75, 3.05) is 23.8 Å². The molecule has 0 amide bonds. The minimum absolute atomic E-state index is 0.0142. The summed E-state index contributed by atoms with van der Waals surface area (Å²) < 4.78 is 13.9. The maximum atomic E-state index is 13.9. The molecule has 1 aromatic carbocycles. The van der Waals surface area contributed by atoms with E-state index in [1.54, 1.807) is 12.1 Å². The Morgan fingerprint density at radius 3 is 2.47 bits per heavy atom. The van der Waals surface area contributed by atoms with Gasteiger partial charge in [0.2, 0.25) is 0 Å². The zero-order valence-electron chi connectivity index (χ0n) is 10.5. The van der Waals surface area contributed by atoms with Crippen LogP contribution in [0.3, 0.4) is 0 Å². The number of hydrogen-bond donors (Lipinski definition) is 2. The van der Waals surface area contributed by atoms with E-state index in [4.69, 9.17) is 10.8 Å². The molecule has 0 spiro atoms. The van der Waals surface area contributed by atoms with E-state index in [9.17, 15) is 4.39 Å². The number of aliphatic hydroxyl groups excluding tert-OH is 1. The van der Waals surface area contributed by atoms with Crippen LogP contribution in [0.2, 0.25) is 0 Å². The fourth-order valence-electron chi connectivity index (χ4n) is 2.09. The lowest BCUT2D eigenvalue weighted by Crippen LogP contribution is -2.37. The second-order valence-electron chi connectivity index (χ2n) is 4.10. The quantitative estimate of drug-likeness (QED) is 0.751. The molecule has 3 N–H and O–H groups in total. The first-order valence-corrected chi connectivity index (χ1v) is 6.06. The number of nitrogens with zero attached hydrogens (tertiary/aromatic N) is 1. The Kier molecular flexibility index (Phi) is 5.22. The summed E-state index contributed by atoms with van der Waals surface area (Å²) >= 11 is 0. The smallest absolute Gasteiger partial charge is 0.148 e. The molecule has 1 rings (SSSR count). The van der Waals surface area contributed by atoms with Gasteiger partial charge < -0.3 is 15.7 Å². The highest BCUT2D eigenvalue weighted by atomic mass is 19.1. The van der Waals surface area contributed by atoms with Crippen molar-refractivity contribution in [3.8, 4) is 0 Å². The van der Waals surface area contributed by atoms with Gasteiger partial charge in [-0.2, -0.15) is 0 Å². The van der Waals surface area contributed by atoms with Crippen molar-refractivity contribution < 1.29 is 9.50 Å². The summed E-state index contributed by atoms with van der Waals surface area (Å²) in [7, 11) is 0. The second kappa shape index (κ2) is 6.45. The zero-order valence-corrected chi connectivity index (χ0v) is 10.5. The maximum absolute atomic E-state index is 13.9. The topological polar surface area (TPSA) is 49.5 Å². The van der Waals surface area contributed by atoms with E-state index in [0.29, 0.717) is 17.9 Å². The minimum atomic E-state index is -0.328. The Hall–Kier alpha value is -1.29. The SMILES string of the molecule is CCC(CC)N(CCO)c1ccc(N)cc1F. The lowest BCUT2D eigenvalue weighted by Gasteiger charge is -2.32. The third kappa shape index (κ3) is 3.33. The van der Waals surface area contributed by atoms with E-state index in [1.807, 2.05) is 4.90 Å². The van der Waals surface area contributed by atoms with Crippen molar-refractivity contribution in [1.82, 2.24) is 0 Å². The number of anilines is 2. The van der Waals surface area contributed by atoms with Gasteiger partial charge in [0, 0.05) is 18.3 Å². The summed E-state index contributed by atoms with van der Waals surface area (Å²) in [6.45, 7) is 4.58. The van der Waals surface area contributed by atoms with Crippen molar-refractivity contribution in [3.05, 3.63) is 24.0 Å². The molecule has 0 unspecified atom stereocenters. The molecule has 0 aliphatic heterocycles. The third-order valence-corrected chi connectivity index (χ3v) is 3.01. The molecule has 0 bridgehead atoms. The van der Waals surface area contributed by atoms with Gasteiger partial charge in [0.05, 0.1) is 12.3 Å². The van der Waals surface area contributed by atoms with Gasteiger partial charge in [0.1, 0.15) is 5.82 Å². The number of nitrogens with two attached hydrogens (primary N) is 1. The van der Waals surface area contributed by atoms with Crippen molar-refractivity contribution in [2.24, 2.45) is 0 Å². The summed E-state index contributed by atoms with van der Waals surface area (Å²) in [4.78, 5) is 1.91. The standard InChI is InChI=1S/C13H21FN2O/c1-3-11(4-2)16(7-8-17)13-6-5-10(15)9-12(13)14/h5-6,9,11,17H,3-4,7-8,15H2,1-2H3. The molecule has 0 aliphatic rings. The lowest BCUT2D eigenvalue weighted by atomic mass is 10.1. The number of hydrogen-bond acceptors (Lipinski definition) is 3. The first-order chi connectivity index (χ1) is 8.13. The van der Waals surface area contributed by atoms with Crippen molar-refractivity contribution in [1.29, 1.82) is 0 Å². The largest absolute Gasteiger partial charge is 0.399 e. The number of halogens is 1. The first kappa shape index (κ1) is 13.8. The molecule has 0 fully saturated rings. The molecular formula is C13H21FN2O. The van der Waals surface area contributed by atoms with E-state index < -0.39 is 0 Å². The van der Waals surface area contributed by atoms with Crippen LogP contribution >= 0.6 is 0 Å². The van der Waals surface area contributed by atoms with E-state index in [1.165, 1.54) is 6.07 Å². The maximum Gasteiger partial charge on any atom is 0.148 e. The summed E-state index contributed by atoms with van der Waals surface area (Å²) in [6.07, 6.45) is 1.83. The number of benzene rings is 1. The summed E-state index contributed by atoms with van der Waals surface area (Å²) in [5, 5.41) is 9.09. The van der Waals surface area contributed by atoms with Gasteiger partial charge in [0.25, 0.3) is 0 Å². The highest BCUT2D eigenvalue weighted by molar-refractivity contribution is 5.55. The van der Waals surface area contributed by atoms with Crippen molar-refractivity contribution in [2.45, 2.75) is 32.7 Å². The van der Waals surface area contributed by atoms with Gasteiger partial charge in [-0.05, 0) is 31.0 Å². The molecule has 0 aliphatic carbocycles. The van der Waals surface area contributed by atoms with Crippen LogP contribution in [0.4, 0.5) is 15.8 Å². The molecule has 96 valence electrons. The average Bonchev–Trinajstić information content (AvgIpc) is 2.30. The zero-order chi connectivity index (χ0) is 12.8. The minimum Gasteiger partial charge on any atom is -0.399 e. The fourth-order valence-corrected chi connectivity index (χ4v) is 2.09. The predicted molar refractivity (Wildman–Crippen MR) is 69.6 cm³/mol. The van der Waals surface area contributed by atoms with Gasteiger partial charge in [-0.3, -0.25) is 0 Å². The van der Waals surface area contributed by atoms with E-state index in [2.05, 4.69) is 13.8 Å². The third-order valence-electron chi connectivity index (χ3n) is 3.01. The Balaban J connectivity index is 3.03. The molecule has 1 aromatic rings. The van der Waals surface area contributed by atoms with Crippen LogP contribution in [0.1, 0.15) is 26.7 Å². The van der Waals surface area contributed by atoms with Crippen LogP contribution in [-0.2, 0) is 0 Å². The second-order valence-corrected chi connectivity index (χ2v) is 4.10. The highest BCUT2D eigenvalue weighted by Gasteiger charge is 2.18. The highest BCUT2D eigenvalue weighted by Crippen LogP contribution is 2.25. The van der Waals surface area contributed by atoms with Crippen LogP contribution in [0, 0.1) is 5.82 Å². The average molecular weight is 240 g/mol. The van der Waals surface area contributed by atoms with Gasteiger partial charge in [-0.15, -0.1) is 0 Å². The predicted octanol–water partition coefficient (Wildman–Crippen LogP) is 2.40. The van der Waals surface area contributed by atoms with Crippen LogP contribution in [-0.4, -0.2) is 24.3 Å². The summed E-state index contributed by atoms with van der Waals surface area (Å²) in [5.74, 6) is -0.328. The Morgan fingerprint density at radius 1 is 1.35 bits per heavy atom. The number of rotatable bonds is 6. The van der Waals surface area contributed by atoms with Gasteiger partial charge in [-0.1, -0.05) is 13.8 Å². The van der Waals surface area contributed by atoms with Gasteiger partial charge in [-0.25, -0.2) is 4.39 Å². The van der Waals surface area contributed by atoms with Crippen molar-refractivity contribution in [3.63, 3.8) is 0 Å². The molecule has 0 atom stereocenters. The molecule has 17 heavy (non-hydrogen) atoms. The van der Waals surface area contributed by atoms with Crippen LogP contribution in [0.5, 0.6) is 0 Å². The molecule has 0 saturated heterocycles. The number of nitrogen functional groups attached to an aromatic ring is 1. The van der Waals surface area contributed by atoms with Crippen LogP contribution in [0.15, 0.2) is 18.2 Å². The molecule has 0 saturated carbocycles. The fraction of sp³-hybridized carbons (Fsp3) is 0.538. The monoisotopic (exact) mass is 240 g/mol. The summed E-state index contributed by atoms with van der Waals surface area (Å²) in [5.41, 5.74) is 6.47. The molecule has 0 heterocycles. The molecule has 3 nitrogen and oxygen atoms in total. The van der Waals surface area contributed by atoms with Crippen LogP contribution < -0.4 is 10.6 Å². The molecule has 0 radical (unpaired) electrons.